The van der Waals surface area contributed by atoms with Gasteiger partial charge in [-0.05, 0) is 50.3 Å². The Hall–Kier alpha value is -3.27. The zero-order valence-electron chi connectivity index (χ0n) is 18.7. The fourth-order valence-corrected chi connectivity index (χ4v) is 3.84. The summed E-state index contributed by atoms with van der Waals surface area (Å²) in [5.74, 6) is -1.56. The van der Waals surface area contributed by atoms with E-state index in [1.54, 1.807) is 49.4 Å². The summed E-state index contributed by atoms with van der Waals surface area (Å²) in [4.78, 5) is 44.2. The van der Waals surface area contributed by atoms with E-state index in [9.17, 15) is 14.4 Å². The number of hydrogen-bond acceptors (Lipinski definition) is 6. The van der Waals surface area contributed by atoms with E-state index in [1.165, 1.54) is 0 Å². The van der Waals surface area contributed by atoms with E-state index in [0.717, 1.165) is 0 Å². The highest BCUT2D eigenvalue weighted by Crippen LogP contribution is 2.30. The van der Waals surface area contributed by atoms with Crippen molar-refractivity contribution in [3.8, 4) is 0 Å². The number of primary amides is 1. The molecule has 2 aromatic carbocycles. The molecule has 33 heavy (non-hydrogen) atoms. The minimum Gasteiger partial charge on any atom is -0.367 e. The summed E-state index contributed by atoms with van der Waals surface area (Å²) in [6.45, 7) is 2.88. The van der Waals surface area contributed by atoms with Crippen molar-refractivity contribution < 1.29 is 14.4 Å². The van der Waals surface area contributed by atoms with Gasteiger partial charge in [0.15, 0.2) is 5.54 Å². The minimum absolute atomic E-state index is 0.0148. The lowest BCUT2D eigenvalue weighted by Gasteiger charge is -2.28. The molecule has 0 aliphatic carbocycles. The van der Waals surface area contributed by atoms with Crippen molar-refractivity contribution in [1.82, 2.24) is 15.5 Å². The van der Waals surface area contributed by atoms with E-state index >= 15 is 0 Å². The Labute approximate surface area is 197 Å². The van der Waals surface area contributed by atoms with Gasteiger partial charge in [0.25, 0.3) is 11.8 Å². The number of nitrogens with one attached hydrogen (secondary N) is 3. The van der Waals surface area contributed by atoms with Gasteiger partial charge in [0.1, 0.15) is 5.71 Å². The van der Waals surface area contributed by atoms with Gasteiger partial charge in [0.05, 0.1) is 17.3 Å². The molecule has 3 amide bonds. The normalized spacial score (nSPS) is 17.5. The van der Waals surface area contributed by atoms with Gasteiger partial charge in [-0.1, -0.05) is 35.9 Å². The van der Waals surface area contributed by atoms with Crippen LogP contribution in [0.3, 0.4) is 0 Å². The van der Waals surface area contributed by atoms with Crippen LogP contribution in [-0.4, -0.2) is 62.2 Å². The van der Waals surface area contributed by atoms with Gasteiger partial charge in [-0.3, -0.25) is 24.7 Å². The van der Waals surface area contributed by atoms with Gasteiger partial charge in [-0.2, -0.15) is 0 Å². The van der Waals surface area contributed by atoms with Crippen LogP contribution in [0, 0.1) is 6.92 Å². The number of aliphatic imine (C=N–C) groups is 1. The van der Waals surface area contributed by atoms with Crippen LogP contribution >= 0.6 is 11.6 Å². The summed E-state index contributed by atoms with van der Waals surface area (Å²) in [6, 6.07) is 11.7. The Morgan fingerprint density at radius 2 is 1.91 bits per heavy atom. The lowest BCUT2D eigenvalue weighted by atomic mass is 9.83. The van der Waals surface area contributed by atoms with Crippen molar-refractivity contribution in [2.24, 2.45) is 10.7 Å². The third kappa shape index (κ3) is 5.05. The highest BCUT2D eigenvalue weighted by Gasteiger charge is 2.49. The average Bonchev–Trinajstić information content (AvgIpc) is 3.21. The largest absolute Gasteiger partial charge is 0.367 e. The van der Waals surface area contributed by atoms with Gasteiger partial charge < -0.3 is 21.3 Å². The number of anilines is 1. The topological polar surface area (TPSA) is 129 Å². The first-order valence-electron chi connectivity index (χ1n) is 10.4. The molecule has 0 saturated heterocycles. The Morgan fingerprint density at radius 1 is 1.18 bits per heavy atom. The summed E-state index contributed by atoms with van der Waals surface area (Å²) in [5, 5.41) is 8.93. The smallest absolute Gasteiger partial charge is 0.268 e. The van der Waals surface area contributed by atoms with E-state index in [4.69, 9.17) is 17.3 Å². The van der Waals surface area contributed by atoms with Crippen molar-refractivity contribution in [1.29, 1.82) is 0 Å². The zero-order chi connectivity index (χ0) is 24.2. The van der Waals surface area contributed by atoms with E-state index < -0.39 is 17.4 Å². The third-order valence-corrected chi connectivity index (χ3v) is 5.72. The second kappa shape index (κ2) is 10.1. The molecule has 1 heterocycles. The number of nitrogens with zero attached hydrogens (tertiary/aromatic N) is 2. The maximum Gasteiger partial charge on any atom is 0.268 e. The molecular weight excluding hydrogens is 444 g/mol. The van der Waals surface area contributed by atoms with Crippen molar-refractivity contribution in [3.63, 3.8) is 0 Å². The SMILES string of the molecule is Cc1cc(C2(C(N)=O)NCN=C2C(=O)NCCN(C)C)ccc1NC(=O)c1ccccc1Cl. The minimum atomic E-state index is -1.57. The Kier molecular flexibility index (Phi) is 7.47. The molecule has 0 fully saturated rings. The molecule has 3 rings (SSSR count). The van der Waals surface area contributed by atoms with Gasteiger partial charge in [0, 0.05) is 18.8 Å². The van der Waals surface area contributed by atoms with Gasteiger partial charge >= 0.3 is 0 Å². The monoisotopic (exact) mass is 470 g/mol. The summed E-state index contributed by atoms with van der Waals surface area (Å²) in [7, 11) is 3.78. The molecule has 10 heteroatoms. The number of aryl methyl sites for hydroxylation is 1. The Bertz CT molecular complexity index is 1120. The first kappa shape index (κ1) is 24.4. The number of halogens is 1. The van der Waals surface area contributed by atoms with Gasteiger partial charge in [-0.15, -0.1) is 0 Å². The molecule has 9 nitrogen and oxygen atoms in total. The van der Waals surface area contributed by atoms with Crippen molar-refractivity contribution in [3.05, 3.63) is 64.2 Å². The summed E-state index contributed by atoms with van der Waals surface area (Å²) in [6.07, 6.45) is 0. The average molecular weight is 471 g/mol. The molecule has 1 unspecified atom stereocenters. The summed E-state index contributed by atoms with van der Waals surface area (Å²) in [5.41, 5.74) is 6.24. The van der Waals surface area contributed by atoms with Crippen LogP contribution in [0.5, 0.6) is 0 Å². The number of likely N-dealkylation sites (N-methyl/N-ethyl adjacent to an activating group) is 1. The lowest BCUT2D eigenvalue weighted by Crippen LogP contribution is -2.58. The molecule has 0 radical (unpaired) electrons. The van der Waals surface area contributed by atoms with Crippen LogP contribution in [0.2, 0.25) is 5.02 Å². The maximum absolute atomic E-state index is 12.8. The fraction of sp³-hybridized carbons (Fsp3) is 0.304. The predicted octanol–water partition coefficient (Wildman–Crippen LogP) is 1.26. The van der Waals surface area contributed by atoms with Crippen LogP contribution in [0.1, 0.15) is 21.5 Å². The molecule has 174 valence electrons. The number of benzene rings is 2. The highest BCUT2D eigenvalue weighted by atomic mass is 35.5. The Morgan fingerprint density at radius 3 is 2.55 bits per heavy atom. The van der Waals surface area contributed by atoms with Crippen LogP contribution in [0.25, 0.3) is 0 Å². The number of hydrogen-bond donors (Lipinski definition) is 4. The molecule has 1 aliphatic heterocycles. The summed E-state index contributed by atoms with van der Waals surface area (Å²) < 4.78 is 0. The van der Waals surface area contributed by atoms with Crippen LogP contribution < -0.4 is 21.7 Å². The molecule has 0 bridgehead atoms. The second-order valence-electron chi connectivity index (χ2n) is 7.98. The molecule has 0 spiro atoms. The van der Waals surface area contributed by atoms with Crippen LogP contribution in [0.15, 0.2) is 47.5 Å². The second-order valence-corrected chi connectivity index (χ2v) is 8.39. The first-order valence-corrected chi connectivity index (χ1v) is 10.7. The number of rotatable bonds is 8. The Balaban J connectivity index is 1.87. The van der Waals surface area contributed by atoms with Gasteiger partial charge in [0.2, 0.25) is 5.91 Å². The summed E-state index contributed by atoms with van der Waals surface area (Å²) >= 11 is 6.11. The van der Waals surface area contributed by atoms with Gasteiger partial charge in [-0.25, -0.2) is 0 Å². The predicted molar refractivity (Wildman–Crippen MR) is 128 cm³/mol. The van der Waals surface area contributed by atoms with E-state index in [1.807, 2.05) is 19.0 Å². The lowest BCUT2D eigenvalue weighted by molar-refractivity contribution is -0.123. The number of amides is 3. The third-order valence-electron chi connectivity index (χ3n) is 5.39. The quantitative estimate of drug-likeness (QED) is 0.461. The maximum atomic E-state index is 12.8. The van der Waals surface area contributed by atoms with E-state index in [0.29, 0.717) is 40.5 Å². The van der Waals surface area contributed by atoms with E-state index in [-0.39, 0.29) is 18.3 Å². The standard InChI is InChI=1S/C23H27ClN6O3/c1-14-12-15(8-9-18(14)29-20(31)16-6-4-5-7-17(16)24)23(22(25)33)19(27-13-28-23)21(32)26-10-11-30(2)3/h4-9,12,28H,10-11,13H2,1-3H3,(H2,25,33)(H,26,32)(H,29,31). The number of carbonyl (C=O) groups is 3. The molecule has 1 atom stereocenters. The molecule has 0 aromatic heterocycles. The molecule has 0 saturated carbocycles. The fourth-order valence-electron chi connectivity index (χ4n) is 3.62. The molecule has 2 aromatic rings. The number of nitrogens with two attached hydrogens (primary N) is 1. The van der Waals surface area contributed by atoms with Crippen molar-refractivity contribution >= 4 is 40.7 Å². The van der Waals surface area contributed by atoms with E-state index in [2.05, 4.69) is 20.9 Å². The van der Waals surface area contributed by atoms with Crippen LogP contribution in [0.4, 0.5) is 5.69 Å². The molecule has 5 N–H and O–H groups in total. The highest BCUT2D eigenvalue weighted by molar-refractivity contribution is 6.47. The van der Waals surface area contributed by atoms with Crippen molar-refractivity contribution in [2.45, 2.75) is 12.5 Å². The zero-order valence-corrected chi connectivity index (χ0v) is 19.5. The molecular formula is C23H27ClN6O3. The van der Waals surface area contributed by atoms with Crippen molar-refractivity contribution in [2.75, 3.05) is 39.2 Å². The van der Waals surface area contributed by atoms with Crippen LogP contribution in [-0.2, 0) is 15.1 Å². The molecule has 1 aliphatic rings. The number of carbonyl (C=O) groups excluding carboxylic acids is 3. The first-order chi connectivity index (χ1) is 15.7.